The first-order valence-corrected chi connectivity index (χ1v) is 9.75. The summed E-state index contributed by atoms with van der Waals surface area (Å²) in [5.74, 6) is 0. The van der Waals surface area contributed by atoms with Crippen LogP contribution in [0.25, 0.3) is 0 Å². The van der Waals surface area contributed by atoms with Crippen molar-refractivity contribution >= 4 is 21.8 Å². The molecule has 120 valence electrons. The largest absolute Gasteiger partial charge is 0.243 e. The number of rotatable bonds is 4. The van der Waals surface area contributed by atoms with Crippen LogP contribution < -0.4 is 0 Å². The SMILES string of the molecule is CC1=C(Sc2ccccc2)CN(S(=O)(=O)c2ccccc2)[C@H]1C. The van der Waals surface area contributed by atoms with Gasteiger partial charge in [-0.25, -0.2) is 8.42 Å². The zero-order valence-corrected chi connectivity index (χ0v) is 14.8. The lowest BCUT2D eigenvalue weighted by atomic mass is 10.2. The van der Waals surface area contributed by atoms with Crippen molar-refractivity contribution in [3.8, 4) is 0 Å². The van der Waals surface area contributed by atoms with E-state index in [0.29, 0.717) is 11.4 Å². The zero-order valence-electron chi connectivity index (χ0n) is 13.1. The van der Waals surface area contributed by atoms with Gasteiger partial charge in [-0.15, -0.1) is 0 Å². The van der Waals surface area contributed by atoms with Crippen LogP contribution in [0.5, 0.6) is 0 Å². The first-order chi connectivity index (χ1) is 11.0. The Morgan fingerprint density at radius 1 is 1.00 bits per heavy atom. The van der Waals surface area contributed by atoms with Gasteiger partial charge in [-0.05, 0) is 43.7 Å². The maximum atomic E-state index is 12.9. The third kappa shape index (κ3) is 3.22. The Morgan fingerprint density at radius 2 is 1.57 bits per heavy atom. The Labute approximate surface area is 142 Å². The molecule has 2 aromatic carbocycles. The fraction of sp³-hybridized carbons (Fsp3) is 0.222. The molecule has 1 heterocycles. The lowest BCUT2D eigenvalue weighted by molar-refractivity contribution is 0.419. The molecule has 0 unspecified atom stereocenters. The van der Waals surface area contributed by atoms with E-state index < -0.39 is 10.0 Å². The normalized spacial score (nSPS) is 19.3. The van der Waals surface area contributed by atoms with Crippen molar-refractivity contribution in [3.63, 3.8) is 0 Å². The molecule has 0 bridgehead atoms. The number of thioether (sulfide) groups is 1. The second-order valence-corrected chi connectivity index (χ2v) is 8.62. The minimum absolute atomic E-state index is 0.119. The first-order valence-electron chi connectivity index (χ1n) is 7.49. The molecule has 0 spiro atoms. The second-order valence-electron chi connectivity index (χ2n) is 5.56. The van der Waals surface area contributed by atoms with Crippen molar-refractivity contribution in [2.45, 2.75) is 29.7 Å². The van der Waals surface area contributed by atoms with Gasteiger partial charge in [0.1, 0.15) is 0 Å². The van der Waals surface area contributed by atoms with Gasteiger partial charge >= 0.3 is 0 Å². The molecule has 2 aromatic rings. The molecule has 1 aliphatic rings. The smallest absolute Gasteiger partial charge is 0.207 e. The molecule has 0 saturated heterocycles. The number of nitrogens with zero attached hydrogens (tertiary/aromatic N) is 1. The number of hydrogen-bond acceptors (Lipinski definition) is 3. The van der Waals surface area contributed by atoms with Crippen LogP contribution in [-0.2, 0) is 10.0 Å². The van der Waals surface area contributed by atoms with Crippen molar-refractivity contribution in [1.82, 2.24) is 4.31 Å². The van der Waals surface area contributed by atoms with Gasteiger partial charge in [0.05, 0.1) is 4.90 Å². The van der Waals surface area contributed by atoms with Gasteiger partial charge in [0.25, 0.3) is 0 Å². The van der Waals surface area contributed by atoms with Crippen molar-refractivity contribution < 1.29 is 8.42 Å². The molecule has 0 aliphatic carbocycles. The number of benzene rings is 2. The molecule has 0 aromatic heterocycles. The Balaban J connectivity index is 1.86. The maximum Gasteiger partial charge on any atom is 0.243 e. The van der Waals surface area contributed by atoms with Gasteiger partial charge in [-0.2, -0.15) is 4.31 Å². The quantitative estimate of drug-likeness (QED) is 0.835. The van der Waals surface area contributed by atoms with E-state index in [1.54, 1.807) is 40.3 Å². The lowest BCUT2D eigenvalue weighted by Gasteiger charge is -2.22. The maximum absolute atomic E-state index is 12.9. The third-order valence-corrected chi connectivity index (χ3v) is 7.27. The highest BCUT2D eigenvalue weighted by atomic mass is 32.2. The highest BCUT2D eigenvalue weighted by Crippen LogP contribution is 2.38. The predicted molar refractivity (Wildman–Crippen MR) is 94.8 cm³/mol. The van der Waals surface area contributed by atoms with Crippen LogP contribution in [0.4, 0.5) is 0 Å². The van der Waals surface area contributed by atoms with Gasteiger partial charge in [0.15, 0.2) is 0 Å². The summed E-state index contributed by atoms with van der Waals surface area (Å²) >= 11 is 1.65. The molecule has 1 aliphatic heterocycles. The minimum Gasteiger partial charge on any atom is -0.207 e. The Bertz CT molecular complexity index is 815. The van der Waals surface area contributed by atoms with Crippen LogP contribution in [0.15, 0.2) is 80.9 Å². The molecule has 1 atom stereocenters. The van der Waals surface area contributed by atoms with E-state index in [0.717, 1.165) is 15.4 Å². The fourth-order valence-electron chi connectivity index (χ4n) is 2.62. The highest BCUT2D eigenvalue weighted by Gasteiger charge is 2.36. The van der Waals surface area contributed by atoms with E-state index in [1.165, 1.54) is 0 Å². The fourth-order valence-corrected chi connectivity index (χ4v) is 5.46. The summed E-state index contributed by atoms with van der Waals surface area (Å²) in [6, 6.07) is 18.6. The van der Waals surface area contributed by atoms with Crippen molar-refractivity contribution in [1.29, 1.82) is 0 Å². The van der Waals surface area contributed by atoms with Crippen LogP contribution in [-0.4, -0.2) is 25.3 Å². The topological polar surface area (TPSA) is 37.4 Å². The standard InChI is InChI=1S/C18H19NO2S2/c1-14-15(2)19(23(20,21)17-11-7-4-8-12-17)13-18(14)22-16-9-5-3-6-10-16/h3-12,15H,13H2,1-2H3/t15-/m0/s1. The minimum atomic E-state index is -3.47. The molecule has 0 fully saturated rings. The summed E-state index contributed by atoms with van der Waals surface area (Å²) in [4.78, 5) is 2.60. The first kappa shape index (κ1) is 16.3. The average molecular weight is 345 g/mol. The third-order valence-electron chi connectivity index (χ3n) is 4.13. The molecule has 3 nitrogen and oxygen atoms in total. The molecule has 0 amide bonds. The summed E-state index contributed by atoms with van der Waals surface area (Å²) in [7, 11) is -3.47. The molecule has 0 radical (unpaired) electrons. The molecular weight excluding hydrogens is 326 g/mol. The van der Waals surface area contributed by atoms with Crippen LogP contribution in [0.2, 0.25) is 0 Å². The number of sulfonamides is 1. The van der Waals surface area contributed by atoms with Crippen molar-refractivity contribution in [3.05, 3.63) is 71.1 Å². The van der Waals surface area contributed by atoms with Crippen LogP contribution in [0.3, 0.4) is 0 Å². The van der Waals surface area contributed by atoms with E-state index in [9.17, 15) is 8.42 Å². The number of hydrogen-bond donors (Lipinski definition) is 0. The monoisotopic (exact) mass is 345 g/mol. The van der Waals surface area contributed by atoms with Gasteiger partial charge in [0.2, 0.25) is 10.0 Å². The summed E-state index contributed by atoms with van der Waals surface area (Å²) in [5, 5.41) is 0. The van der Waals surface area contributed by atoms with Gasteiger partial charge in [-0.3, -0.25) is 0 Å². The molecule has 0 N–H and O–H groups in total. The van der Waals surface area contributed by atoms with Crippen LogP contribution in [0.1, 0.15) is 13.8 Å². The van der Waals surface area contributed by atoms with Crippen LogP contribution in [0, 0.1) is 0 Å². The summed E-state index contributed by atoms with van der Waals surface area (Å²) in [6.07, 6.45) is 0. The molecular formula is C18H19NO2S2. The summed E-state index contributed by atoms with van der Waals surface area (Å²) < 4.78 is 27.3. The van der Waals surface area contributed by atoms with E-state index in [4.69, 9.17) is 0 Å². The zero-order chi connectivity index (χ0) is 16.4. The van der Waals surface area contributed by atoms with Crippen molar-refractivity contribution in [2.24, 2.45) is 0 Å². The molecule has 5 heteroatoms. The van der Waals surface area contributed by atoms with E-state index in [-0.39, 0.29) is 6.04 Å². The summed E-state index contributed by atoms with van der Waals surface area (Å²) in [6.45, 7) is 4.41. The molecule has 3 rings (SSSR count). The average Bonchev–Trinajstić information content (AvgIpc) is 2.86. The molecule has 23 heavy (non-hydrogen) atoms. The Morgan fingerprint density at radius 3 is 2.17 bits per heavy atom. The summed E-state index contributed by atoms with van der Waals surface area (Å²) in [5.41, 5.74) is 1.12. The van der Waals surface area contributed by atoms with E-state index >= 15 is 0 Å². The molecule has 0 saturated carbocycles. The predicted octanol–water partition coefficient (Wildman–Crippen LogP) is 4.15. The van der Waals surface area contributed by atoms with Gasteiger partial charge in [-0.1, -0.05) is 48.2 Å². The second kappa shape index (κ2) is 6.51. The van der Waals surface area contributed by atoms with Gasteiger partial charge in [0, 0.05) is 22.4 Å². The Hall–Kier alpha value is -1.56. The highest BCUT2D eigenvalue weighted by molar-refractivity contribution is 8.03. The van der Waals surface area contributed by atoms with Crippen molar-refractivity contribution in [2.75, 3.05) is 6.54 Å². The lowest BCUT2D eigenvalue weighted by Crippen LogP contribution is -2.35. The Kier molecular flexibility index (Phi) is 4.62. The van der Waals surface area contributed by atoms with E-state index in [2.05, 4.69) is 0 Å². The van der Waals surface area contributed by atoms with Crippen LogP contribution >= 0.6 is 11.8 Å². The van der Waals surface area contributed by atoms with Gasteiger partial charge < -0.3 is 0 Å². The van der Waals surface area contributed by atoms with E-state index in [1.807, 2.05) is 50.2 Å².